The molecule has 4 aromatic rings. The first-order valence-electron chi connectivity index (χ1n) is 11.2. The SMILES string of the molecule is CC(=O)Nc1cc(Oc2ccc(NC(O)c3c4n(n(-c5ccccc5)c3=O)CCC4)nc2)ccn1. The van der Waals surface area contributed by atoms with Gasteiger partial charge in [-0.3, -0.25) is 14.3 Å². The normalized spacial score (nSPS) is 13.2. The molecule has 0 bridgehead atoms. The summed E-state index contributed by atoms with van der Waals surface area (Å²) in [5, 5.41) is 16.5. The minimum Gasteiger partial charge on any atom is -0.456 e. The van der Waals surface area contributed by atoms with E-state index in [1.54, 1.807) is 28.9 Å². The lowest BCUT2D eigenvalue weighted by atomic mass is 10.1. The van der Waals surface area contributed by atoms with Gasteiger partial charge in [0.05, 0.1) is 17.4 Å². The minimum absolute atomic E-state index is 0.227. The number of rotatable bonds is 7. The van der Waals surface area contributed by atoms with Crippen LogP contribution >= 0.6 is 0 Å². The molecule has 1 aliphatic heterocycles. The summed E-state index contributed by atoms with van der Waals surface area (Å²) >= 11 is 0. The number of aromatic nitrogens is 4. The number of carbonyl (C=O) groups excluding carboxylic acids is 1. The smallest absolute Gasteiger partial charge is 0.279 e. The highest BCUT2D eigenvalue weighted by Gasteiger charge is 2.28. The van der Waals surface area contributed by atoms with Gasteiger partial charge in [0.15, 0.2) is 6.23 Å². The number of fused-ring (bicyclic) bond motifs is 1. The average molecular weight is 473 g/mol. The van der Waals surface area contributed by atoms with E-state index in [0.717, 1.165) is 30.8 Å². The van der Waals surface area contributed by atoms with Gasteiger partial charge in [0.2, 0.25) is 5.91 Å². The average Bonchev–Trinajstić information content (AvgIpc) is 3.40. The van der Waals surface area contributed by atoms with Crippen LogP contribution in [-0.2, 0) is 17.8 Å². The summed E-state index contributed by atoms with van der Waals surface area (Å²) in [4.78, 5) is 32.8. The summed E-state index contributed by atoms with van der Waals surface area (Å²) in [6.45, 7) is 2.12. The Labute approximate surface area is 200 Å². The standard InChI is InChI=1S/C25H24N6O4/c1-16(32)28-22-14-18(11-12-26-22)35-19-9-10-21(27-15-19)29-24(33)23-20-8-5-13-30(20)31(25(23)34)17-6-3-2-4-7-17/h2-4,6-7,9-12,14-15,24,33H,5,8,13H2,1H3,(H,27,29)(H,26,28,32). The molecule has 1 amide bonds. The van der Waals surface area contributed by atoms with Crippen molar-refractivity contribution >= 4 is 17.5 Å². The number of ether oxygens (including phenoxy) is 1. The van der Waals surface area contributed by atoms with Crippen molar-refractivity contribution in [3.8, 4) is 17.2 Å². The van der Waals surface area contributed by atoms with Crippen molar-refractivity contribution in [2.24, 2.45) is 0 Å². The summed E-state index contributed by atoms with van der Waals surface area (Å²) in [6, 6.07) is 16.0. The number of benzene rings is 1. The van der Waals surface area contributed by atoms with Gasteiger partial charge in [-0.25, -0.2) is 14.6 Å². The molecule has 1 atom stereocenters. The molecular formula is C25H24N6O4. The number of para-hydroxylation sites is 1. The zero-order valence-corrected chi connectivity index (χ0v) is 19.0. The van der Waals surface area contributed by atoms with E-state index >= 15 is 0 Å². The largest absolute Gasteiger partial charge is 0.456 e. The van der Waals surface area contributed by atoms with Gasteiger partial charge in [0.25, 0.3) is 5.56 Å². The van der Waals surface area contributed by atoms with E-state index in [0.29, 0.717) is 28.7 Å². The van der Waals surface area contributed by atoms with Gasteiger partial charge in [0, 0.05) is 31.4 Å². The number of amides is 1. The lowest BCUT2D eigenvalue weighted by molar-refractivity contribution is -0.114. The monoisotopic (exact) mass is 472 g/mol. The Bertz CT molecular complexity index is 1410. The van der Waals surface area contributed by atoms with Crippen LogP contribution in [0.5, 0.6) is 11.5 Å². The maximum absolute atomic E-state index is 13.3. The van der Waals surface area contributed by atoms with Crippen LogP contribution in [0.25, 0.3) is 5.69 Å². The van der Waals surface area contributed by atoms with E-state index in [1.165, 1.54) is 19.3 Å². The third kappa shape index (κ3) is 4.64. The Balaban J connectivity index is 1.33. The van der Waals surface area contributed by atoms with Crippen LogP contribution in [0.3, 0.4) is 0 Å². The van der Waals surface area contributed by atoms with Crippen LogP contribution in [0.2, 0.25) is 0 Å². The molecular weight excluding hydrogens is 448 g/mol. The van der Waals surface area contributed by atoms with Gasteiger partial charge in [0.1, 0.15) is 23.1 Å². The second-order valence-electron chi connectivity index (χ2n) is 8.13. The van der Waals surface area contributed by atoms with Crippen molar-refractivity contribution in [1.82, 2.24) is 19.3 Å². The topological polar surface area (TPSA) is 123 Å². The fourth-order valence-electron chi connectivity index (χ4n) is 4.20. The molecule has 0 saturated carbocycles. The molecule has 5 rings (SSSR count). The predicted molar refractivity (Wildman–Crippen MR) is 130 cm³/mol. The molecule has 0 aliphatic carbocycles. The van der Waals surface area contributed by atoms with Crippen LogP contribution < -0.4 is 20.9 Å². The van der Waals surface area contributed by atoms with Gasteiger partial charge in [-0.2, -0.15) is 0 Å². The highest BCUT2D eigenvalue weighted by atomic mass is 16.5. The van der Waals surface area contributed by atoms with Crippen LogP contribution in [0.4, 0.5) is 11.6 Å². The molecule has 0 fully saturated rings. The Morgan fingerprint density at radius 1 is 1.09 bits per heavy atom. The highest BCUT2D eigenvalue weighted by Crippen LogP contribution is 2.27. The zero-order chi connectivity index (χ0) is 24.4. The summed E-state index contributed by atoms with van der Waals surface area (Å²) in [5.41, 5.74) is 1.66. The van der Waals surface area contributed by atoms with Crippen LogP contribution in [-0.4, -0.2) is 30.3 Å². The molecule has 1 unspecified atom stereocenters. The first kappa shape index (κ1) is 22.4. The lowest BCUT2D eigenvalue weighted by Gasteiger charge is -2.13. The van der Waals surface area contributed by atoms with E-state index < -0.39 is 6.23 Å². The van der Waals surface area contributed by atoms with E-state index in [1.807, 2.05) is 35.0 Å². The van der Waals surface area contributed by atoms with Crippen molar-refractivity contribution in [2.75, 3.05) is 10.6 Å². The van der Waals surface area contributed by atoms with Gasteiger partial charge >= 0.3 is 0 Å². The number of carbonyl (C=O) groups is 1. The molecule has 10 nitrogen and oxygen atoms in total. The summed E-state index contributed by atoms with van der Waals surface area (Å²) in [6.07, 6.45) is 3.44. The second-order valence-corrected chi connectivity index (χ2v) is 8.13. The Kier molecular flexibility index (Phi) is 6.02. The van der Waals surface area contributed by atoms with Gasteiger partial charge in [-0.1, -0.05) is 18.2 Å². The predicted octanol–water partition coefficient (Wildman–Crippen LogP) is 3.23. The summed E-state index contributed by atoms with van der Waals surface area (Å²) in [7, 11) is 0. The first-order valence-corrected chi connectivity index (χ1v) is 11.2. The van der Waals surface area contributed by atoms with Crippen molar-refractivity contribution < 1.29 is 14.6 Å². The maximum atomic E-state index is 13.3. The van der Waals surface area contributed by atoms with Crippen molar-refractivity contribution in [2.45, 2.75) is 32.5 Å². The fraction of sp³-hybridized carbons (Fsp3) is 0.200. The number of pyridine rings is 2. The summed E-state index contributed by atoms with van der Waals surface area (Å²) < 4.78 is 9.34. The molecule has 3 N–H and O–H groups in total. The second kappa shape index (κ2) is 9.43. The van der Waals surface area contributed by atoms with Crippen molar-refractivity contribution in [3.63, 3.8) is 0 Å². The number of hydrogen-bond acceptors (Lipinski definition) is 7. The number of nitrogens with zero attached hydrogens (tertiary/aromatic N) is 4. The zero-order valence-electron chi connectivity index (χ0n) is 19.0. The molecule has 4 heterocycles. The number of nitrogens with one attached hydrogen (secondary N) is 2. The highest BCUT2D eigenvalue weighted by molar-refractivity contribution is 5.87. The molecule has 0 radical (unpaired) electrons. The minimum atomic E-state index is -1.22. The number of anilines is 2. The van der Waals surface area contributed by atoms with E-state index in [-0.39, 0.29) is 11.5 Å². The molecule has 1 aromatic carbocycles. The summed E-state index contributed by atoms with van der Waals surface area (Å²) in [5.74, 6) is 1.49. The number of hydrogen-bond donors (Lipinski definition) is 3. The quantitative estimate of drug-likeness (QED) is 0.353. The van der Waals surface area contributed by atoms with E-state index in [4.69, 9.17) is 4.74 Å². The third-order valence-corrected chi connectivity index (χ3v) is 5.64. The van der Waals surface area contributed by atoms with Gasteiger partial charge in [-0.15, -0.1) is 0 Å². The molecule has 35 heavy (non-hydrogen) atoms. The van der Waals surface area contributed by atoms with E-state index in [2.05, 4.69) is 20.6 Å². The Morgan fingerprint density at radius 3 is 2.66 bits per heavy atom. The Morgan fingerprint density at radius 2 is 1.91 bits per heavy atom. The lowest BCUT2D eigenvalue weighted by Crippen LogP contribution is -2.25. The number of aliphatic hydroxyl groups excluding tert-OH is 1. The van der Waals surface area contributed by atoms with Gasteiger partial charge in [-0.05, 0) is 43.2 Å². The van der Waals surface area contributed by atoms with Crippen LogP contribution in [0.15, 0.2) is 71.8 Å². The third-order valence-electron chi connectivity index (χ3n) is 5.64. The maximum Gasteiger partial charge on any atom is 0.279 e. The molecule has 0 spiro atoms. The number of aliphatic hydroxyl groups is 1. The molecule has 3 aromatic heterocycles. The fourth-order valence-corrected chi connectivity index (χ4v) is 4.20. The van der Waals surface area contributed by atoms with Crippen molar-refractivity contribution in [1.29, 1.82) is 0 Å². The molecule has 1 aliphatic rings. The van der Waals surface area contributed by atoms with Crippen LogP contribution in [0.1, 0.15) is 30.8 Å². The molecule has 178 valence electrons. The van der Waals surface area contributed by atoms with Crippen molar-refractivity contribution in [3.05, 3.63) is 88.6 Å². The first-order chi connectivity index (χ1) is 17.0. The van der Waals surface area contributed by atoms with E-state index in [9.17, 15) is 14.7 Å². The van der Waals surface area contributed by atoms with Crippen LogP contribution in [0, 0.1) is 0 Å². The molecule has 0 saturated heterocycles. The Hall–Kier alpha value is -4.44. The molecule has 10 heteroatoms. The van der Waals surface area contributed by atoms with Gasteiger partial charge < -0.3 is 20.5 Å².